The van der Waals surface area contributed by atoms with E-state index in [1.807, 2.05) is 37.3 Å². The highest BCUT2D eigenvalue weighted by Gasteiger charge is 2.09. The van der Waals surface area contributed by atoms with Gasteiger partial charge in [0.1, 0.15) is 11.9 Å². The third-order valence-electron chi connectivity index (χ3n) is 3.54. The van der Waals surface area contributed by atoms with Gasteiger partial charge in [-0.05, 0) is 55.7 Å². The first-order valence-electron chi connectivity index (χ1n) is 7.32. The van der Waals surface area contributed by atoms with Gasteiger partial charge in [-0.25, -0.2) is 0 Å². The van der Waals surface area contributed by atoms with Crippen molar-refractivity contribution in [1.29, 1.82) is 0 Å². The van der Waals surface area contributed by atoms with Crippen LogP contribution in [0.4, 0.5) is 5.69 Å². The standard InChI is InChI=1S/C18H22ClNO/c1-4-15(21-16-8-5-7-13(2)11-16)12-20-18-10-6-9-17(19)14(18)3/h5-11,15,20H,4,12H2,1-3H3. The van der Waals surface area contributed by atoms with Crippen LogP contribution in [0.1, 0.15) is 24.5 Å². The van der Waals surface area contributed by atoms with Crippen LogP contribution in [0.5, 0.6) is 5.75 Å². The van der Waals surface area contributed by atoms with Crippen LogP contribution in [0.25, 0.3) is 0 Å². The average molecular weight is 304 g/mol. The first-order valence-corrected chi connectivity index (χ1v) is 7.70. The number of benzene rings is 2. The van der Waals surface area contributed by atoms with Gasteiger partial charge in [0.05, 0.1) is 6.54 Å². The number of hydrogen-bond acceptors (Lipinski definition) is 2. The van der Waals surface area contributed by atoms with E-state index in [9.17, 15) is 0 Å². The fourth-order valence-electron chi connectivity index (χ4n) is 2.17. The van der Waals surface area contributed by atoms with Gasteiger partial charge in [-0.15, -0.1) is 0 Å². The number of ether oxygens (including phenoxy) is 1. The maximum atomic E-state index is 6.14. The highest BCUT2D eigenvalue weighted by atomic mass is 35.5. The maximum absolute atomic E-state index is 6.14. The molecular weight excluding hydrogens is 282 g/mol. The van der Waals surface area contributed by atoms with Gasteiger partial charge in [0, 0.05) is 10.7 Å². The minimum Gasteiger partial charge on any atom is -0.489 e. The number of aryl methyl sites for hydroxylation is 1. The zero-order valence-electron chi connectivity index (χ0n) is 12.8. The number of anilines is 1. The number of hydrogen-bond donors (Lipinski definition) is 1. The van der Waals surface area contributed by atoms with Crippen LogP contribution >= 0.6 is 11.6 Å². The summed E-state index contributed by atoms with van der Waals surface area (Å²) < 4.78 is 6.04. The van der Waals surface area contributed by atoms with Crippen LogP contribution in [0.3, 0.4) is 0 Å². The van der Waals surface area contributed by atoms with Crippen molar-refractivity contribution in [2.45, 2.75) is 33.3 Å². The van der Waals surface area contributed by atoms with Crippen LogP contribution in [0.2, 0.25) is 5.02 Å². The van der Waals surface area contributed by atoms with Crippen LogP contribution < -0.4 is 10.1 Å². The average Bonchev–Trinajstić information content (AvgIpc) is 2.47. The van der Waals surface area contributed by atoms with E-state index in [0.29, 0.717) is 0 Å². The monoisotopic (exact) mass is 303 g/mol. The molecule has 0 spiro atoms. The minimum absolute atomic E-state index is 0.130. The Morgan fingerprint density at radius 2 is 1.90 bits per heavy atom. The molecule has 0 fully saturated rings. The van der Waals surface area contributed by atoms with E-state index in [4.69, 9.17) is 16.3 Å². The lowest BCUT2D eigenvalue weighted by atomic mass is 10.2. The predicted octanol–water partition coefficient (Wildman–Crippen LogP) is 5.23. The predicted molar refractivity (Wildman–Crippen MR) is 90.6 cm³/mol. The Bertz CT molecular complexity index is 598. The van der Waals surface area contributed by atoms with E-state index in [-0.39, 0.29) is 6.10 Å². The van der Waals surface area contributed by atoms with Crippen LogP contribution in [-0.4, -0.2) is 12.6 Å². The summed E-state index contributed by atoms with van der Waals surface area (Å²) in [6, 6.07) is 14.1. The second kappa shape index (κ2) is 7.37. The molecule has 2 aromatic carbocycles. The van der Waals surface area contributed by atoms with Gasteiger partial charge in [-0.2, -0.15) is 0 Å². The Kier molecular flexibility index (Phi) is 5.51. The Balaban J connectivity index is 1.98. The minimum atomic E-state index is 0.130. The quantitative estimate of drug-likeness (QED) is 0.789. The molecule has 112 valence electrons. The van der Waals surface area contributed by atoms with Crippen molar-refractivity contribution in [2.24, 2.45) is 0 Å². The van der Waals surface area contributed by atoms with Gasteiger partial charge >= 0.3 is 0 Å². The molecule has 0 heterocycles. The fraction of sp³-hybridized carbons (Fsp3) is 0.333. The van der Waals surface area contributed by atoms with Gasteiger partial charge in [0.2, 0.25) is 0 Å². The van der Waals surface area contributed by atoms with Gasteiger partial charge in [-0.1, -0.05) is 36.7 Å². The summed E-state index contributed by atoms with van der Waals surface area (Å²) in [6.45, 7) is 6.98. The molecule has 0 aromatic heterocycles. The Labute approximate surface area is 132 Å². The first kappa shape index (κ1) is 15.7. The van der Waals surface area contributed by atoms with E-state index in [0.717, 1.165) is 35.0 Å². The fourth-order valence-corrected chi connectivity index (χ4v) is 2.35. The van der Waals surface area contributed by atoms with Crippen molar-refractivity contribution in [3.8, 4) is 5.75 Å². The molecule has 1 atom stereocenters. The normalized spacial score (nSPS) is 12.0. The second-order valence-electron chi connectivity index (χ2n) is 5.26. The van der Waals surface area contributed by atoms with Crippen molar-refractivity contribution in [2.75, 3.05) is 11.9 Å². The van der Waals surface area contributed by atoms with Crippen LogP contribution in [0, 0.1) is 13.8 Å². The lowest BCUT2D eigenvalue weighted by Gasteiger charge is -2.20. The number of rotatable bonds is 6. The molecule has 1 unspecified atom stereocenters. The lowest BCUT2D eigenvalue weighted by Crippen LogP contribution is -2.25. The summed E-state index contributed by atoms with van der Waals surface area (Å²) in [6.07, 6.45) is 1.07. The SMILES string of the molecule is CCC(CNc1cccc(Cl)c1C)Oc1cccc(C)c1. The summed E-state index contributed by atoms with van der Waals surface area (Å²) in [5.41, 5.74) is 3.35. The summed E-state index contributed by atoms with van der Waals surface area (Å²) in [5.74, 6) is 0.923. The summed E-state index contributed by atoms with van der Waals surface area (Å²) in [7, 11) is 0. The van der Waals surface area contributed by atoms with Crippen molar-refractivity contribution < 1.29 is 4.74 Å². The Morgan fingerprint density at radius 3 is 2.62 bits per heavy atom. The van der Waals surface area contributed by atoms with E-state index in [1.54, 1.807) is 0 Å². The van der Waals surface area contributed by atoms with E-state index in [2.05, 4.69) is 31.3 Å². The first-order chi connectivity index (χ1) is 10.1. The molecule has 0 saturated carbocycles. The highest BCUT2D eigenvalue weighted by Crippen LogP contribution is 2.23. The van der Waals surface area contributed by atoms with Crippen molar-refractivity contribution in [3.05, 3.63) is 58.6 Å². The molecule has 2 rings (SSSR count). The maximum Gasteiger partial charge on any atom is 0.120 e. The van der Waals surface area contributed by atoms with Gasteiger partial charge in [0.15, 0.2) is 0 Å². The van der Waals surface area contributed by atoms with Crippen molar-refractivity contribution in [1.82, 2.24) is 0 Å². The molecule has 2 aromatic rings. The van der Waals surface area contributed by atoms with Gasteiger partial charge in [0.25, 0.3) is 0 Å². The molecular formula is C18H22ClNO. The van der Waals surface area contributed by atoms with E-state index >= 15 is 0 Å². The highest BCUT2D eigenvalue weighted by molar-refractivity contribution is 6.31. The third kappa shape index (κ3) is 4.40. The smallest absolute Gasteiger partial charge is 0.120 e. The topological polar surface area (TPSA) is 21.3 Å². The number of halogens is 1. The molecule has 0 amide bonds. The van der Waals surface area contributed by atoms with Crippen molar-refractivity contribution in [3.63, 3.8) is 0 Å². The van der Waals surface area contributed by atoms with E-state index in [1.165, 1.54) is 5.56 Å². The lowest BCUT2D eigenvalue weighted by molar-refractivity contribution is 0.210. The van der Waals surface area contributed by atoms with E-state index < -0.39 is 0 Å². The zero-order chi connectivity index (χ0) is 15.2. The molecule has 0 saturated heterocycles. The molecule has 1 N–H and O–H groups in total. The van der Waals surface area contributed by atoms with Crippen molar-refractivity contribution >= 4 is 17.3 Å². The molecule has 0 aliphatic carbocycles. The molecule has 3 heteroatoms. The van der Waals surface area contributed by atoms with Crippen LogP contribution in [-0.2, 0) is 0 Å². The third-order valence-corrected chi connectivity index (χ3v) is 3.94. The second-order valence-corrected chi connectivity index (χ2v) is 5.67. The molecule has 2 nitrogen and oxygen atoms in total. The molecule has 0 radical (unpaired) electrons. The molecule has 0 aliphatic heterocycles. The number of nitrogens with one attached hydrogen (secondary N) is 1. The summed E-state index contributed by atoms with van der Waals surface area (Å²) >= 11 is 6.14. The summed E-state index contributed by atoms with van der Waals surface area (Å²) in [4.78, 5) is 0. The largest absolute Gasteiger partial charge is 0.489 e. The Hall–Kier alpha value is -1.67. The Morgan fingerprint density at radius 1 is 1.14 bits per heavy atom. The van der Waals surface area contributed by atoms with Gasteiger partial charge in [-0.3, -0.25) is 0 Å². The molecule has 0 aliphatic rings. The van der Waals surface area contributed by atoms with Gasteiger partial charge < -0.3 is 10.1 Å². The molecule has 21 heavy (non-hydrogen) atoms. The zero-order valence-corrected chi connectivity index (χ0v) is 13.6. The van der Waals surface area contributed by atoms with Crippen LogP contribution in [0.15, 0.2) is 42.5 Å². The molecule has 0 bridgehead atoms. The summed E-state index contributed by atoms with van der Waals surface area (Å²) in [5, 5.41) is 4.22.